The Kier molecular flexibility index (Phi) is 3.63. The van der Waals surface area contributed by atoms with Crippen LogP contribution in [0, 0.1) is 22.6 Å². The summed E-state index contributed by atoms with van der Waals surface area (Å²) in [5.74, 6) is 0.288. The summed E-state index contributed by atoms with van der Waals surface area (Å²) < 4.78 is 24.5. The Balaban J connectivity index is 1.81. The highest BCUT2D eigenvalue weighted by Gasteiger charge is 2.44. The summed E-state index contributed by atoms with van der Waals surface area (Å²) >= 11 is 0. The third kappa shape index (κ3) is 2.84. The molecule has 0 amide bonds. The topological polar surface area (TPSA) is 68.0 Å². The first-order valence-corrected chi connectivity index (χ1v) is 6.87. The second kappa shape index (κ2) is 5.60. The third-order valence-corrected chi connectivity index (χ3v) is 3.63. The Labute approximate surface area is 127 Å². The summed E-state index contributed by atoms with van der Waals surface area (Å²) in [5, 5.41) is 9.03. The van der Waals surface area contributed by atoms with E-state index in [1.54, 1.807) is 12.1 Å². The van der Waals surface area contributed by atoms with Gasteiger partial charge in [-0.15, -0.1) is 0 Å². The Morgan fingerprint density at radius 1 is 1.27 bits per heavy atom. The maximum Gasteiger partial charge on any atom is 0.214 e. The van der Waals surface area contributed by atoms with Crippen LogP contribution in [-0.4, -0.2) is 23.7 Å². The zero-order valence-electron chi connectivity index (χ0n) is 12.0. The van der Waals surface area contributed by atoms with Crippen LogP contribution < -0.4 is 9.47 Å². The number of hydrogen-bond donors (Lipinski definition) is 0. The van der Waals surface area contributed by atoms with E-state index in [1.165, 1.54) is 25.4 Å². The van der Waals surface area contributed by atoms with E-state index < -0.39 is 11.2 Å². The molecule has 0 aliphatic heterocycles. The second-order valence-corrected chi connectivity index (χ2v) is 5.25. The van der Waals surface area contributed by atoms with Gasteiger partial charge in [-0.25, -0.2) is 14.4 Å². The molecule has 2 aromatic heterocycles. The van der Waals surface area contributed by atoms with Gasteiger partial charge in [0.25, 0.3) is 0 Å². The monoisotopic (exact) mass is 299 g/mol. The first-order chi connectivity index (χ1) is 10.7. The number of pyridine rings is 2. The maximum atomic E-state index is 14.0. The molecule has 22 heavy (non-hydrogen) atoms. The molecule has 0 spiro atoms. The molecule has 0 aromatic carbocycles. The van der Waals surface area contributed by atoms with E-state index >= 15 is 0 Å². The highest BCUT2D eigenvalue weighted by Crippen LogP contribution is 2.45. The average Bonchev–Trinajstić information content (AvgIpc) is 3.35. The van der Waals surface area contributed by atoms with Crippen molar-refractivity contribution in [3.05, 3.63) is 36.3 Å². The van der Waals surface area contributed by atoms with Crippen LogP contribution in [-0.2, 0) is 0 Å². The largest absolute Gasteiger partial charge is 0.481 e. The molecule has 1 saturated carbocycles. The number of ether oxygens (including phenoxy) is 2. The fourth-order valence-electron chi connectivity index (χ4n) is 2.00. The first kappa shape index (κ1) is 14.3. The van der Waals surface area contributed by atoms with Crippen LogP contribution in [0.3, 0.4) is 0 Å². The molecule has 6 heteroatoms. The highest BCUT2D eigenvalue weighted by atomic mass is 19.1. The first-order valence-electron chi connectivity index (χ1n) is 6.87. The SMILES string of the molecule is COc1ccc(-c2nc(OCC3(C#N)CC3)ccc2F)cn1. The highest BCUT2D eigenvalue weighted by molar-refractivity contribution is 5.59. The summed E-state index contributed by atoms with van der Waals surface area (Å²) in [7, 11) is 1.51. The molecule has 0 radical (unpaired) electrons. The van der Waals surface area contributed by atoms with Gasteiger partial charge in [-0.05, 0) is 25.0 Å². The van der Waals surface area contributed by atoms with Gasteiger partial charge < -0.3 is 9.47 Å². The maximum absolute atomic E-state index is 14.0. The lowest BCUT2D eigenvalue weighted by molar-refractivity contribution is 0.259. The lowest BCUT2D eigenvalue weighted by Gasteiger charge is -2.10. The number of nitriles is 1. The fourth-order valence-corrected chi connectivity index (χ4v) is 2.00. The van der Waals surface area contributed by atoms with Crippen molar-refractivity contribution in [3.8, 4) is 29.1 Å². The third-order valence-electron chi connectivity index (χ3n) is 3.63. The molecule has 0 N–H and O–H groups in total. The minimum atomic E-state index is -0.458. The minimum Gasteiger partial charge on any atom is -0.481 e. The standard InChI is InChI=1S/C16H14FN3O2/c1-21-13-4-2-11(8-19-13)15-12(17)3-5-14(20-15)22-10-16(9-18)6-7-16/h2-5,8H,6-7,10H2,1H3. The van der Waals surface area contributed by atoms with Gasteiger partial charge in [0.2, 0.25) is 11.8 Å². The molecule has 5 nitrogen and oxygen atoms in total. The number of nitrogens with zero attached hydrogens (tertiary/aromatic N) is 3. The number of hydrogen-bond acceptors (Lipinski definition) is 5. The Bertz CT molecular complexity index is 721. The molecule has 0 unspecified atom stereocenters. The van der Waals surface area contributed by atoms with Crippen molar-refractivity contribution < 1.29 is 13.9 Å². The van der Waals surface area contributed by atoms with Gasteiger partial charge in [0, 0.05) is 23.9 Å². The Morgan fingerprint density at radius 2 is 2.05 bits per heavy atom. The van der Waals surface area contributed by atoms with E-state index in [2.05, 4.69) is 16.0 Å². The van der Waals surface area contributed by atoms with Crippen molar-refractivity contribution in [1.82, 2.24) is 9.97 Å². The van der Waals surface area contributed by atoms with Crippen LogP contribution >= 0.6 is 0 Å². The summed E-state index contributed by atoms with van der Waals surface area (Å²) in [4.78, 5) is 8.22. The predicted octanol–water partition coefficient (Wildman–Crippen LogP) is 2.97. The Morgan fingerprint density at radius 3 is 2.64 bits per heavy atom. The van der Waals surface area contributed by atoms with Crippen molar-refractivity contribution in [3.63, 3.8) is 0 Å². The van der Waals surface area contributed by atoms with Crippen LogP contribution in [0.25, 0.3) is 11.3 Å². The van der Waals surface area contributed by atoms with Crippen molar-refractivity contribution in [2.75, 3.05) is 13.7 Å². The zero-order chi connectivity index (χ0) is 15.6. The molecule has 0 atom stereocenters. The van der Waals surface area contributed by atoms with E-state index in [0.717, 1.165) is 12.8 Å². The van der Waals surface area contributed by atoms with Crippen LogP contribution in [0.5, 0.6) is 11.8 Å². The molecule has 2 heterocycles. The average molecular weight is 299 g/mol. The van der Waals surface area contributed by atoms with Crippen molar-refractivity contribution in [2.45, 2.75) is 12.8 Å². The zero-order valence-corrected chi connectivity index (χ0v) is 12.0. The normalized spacial score (nSPS) is 15.0. The smallest absolute Gasteiger partial charge is 0.214 e. The molecule has 1 aliphatic carbocycles. The summed E-state index contributed by atoms with van der Waals surface area (Å²) in [5.41, 5.74) is 0.303. The van der Waals surface area contributed by atoms with Crippen LogP contribution in [0.4, 0.5) is 4.39 Å². The molecule has 2 aromatic rings. The second-order valence-electron chi connectivity index (χ2n) is 5.25. The van der Waals surface area contributed by atoms with Gasteiger partial charge >= 0.3 is 0 Å². The summed E-state index contributed by atoms with van der Waals surface area (Å²) in [6, 6.07) is 8.32. The van der Waals surface area contributed by atoms with Gasteiger partial charge in [0.1, 0.15) is 18.1 Å². The van der Waals surface area contributed by atoms with E-state index in [1.807, 2.05) is 0 Å². The summed E-state index contributed by atoms with van der Waals surface area (Å²) in [6.07, 6.45) is 3.16. The Hall–Kier alpha value is -2.68. The minimum absolute atomic E-state index is 0.162. The van der Waals surface area contributed by atoms with Crippen LogP contribution in [0.15, 0.2) is 30.5 Å². The lowest BCUT2D eigenvalue weighted by Crippen LogP contribution is -2.11. The number of rotatable bonds is 5. The van der Waals surface area contributed by atoms with Gasteiger partial charge in [-0.1, -0.05) is 0 Å². The van der Waals surface area contributed by atoms with Gasteiger partial charge in [-0.2, -0.15) is 5.26 Å². The van der Waals surface area contributed by atoms with Gasteiger partial charge in [0.15, 0.2) is 0 Å². The van der Waals surface area contributed by atoms with Crippen LogP contribution in [0.1, 0.15) is 12.8 Å². The molecule has 0 saturated heterocycles. The molecular weight excluding hydrogens is 285 g/mol. The van der Waals surface area contributed by atoms with Crippen molar-refractivity contribution >= 4 is 0 Å². The predicted molar refractivity (Wildman–Crippen MR) is 76.8 cm³/mol. The molecule has 1 fully saturated rings. The summed E-state index contributed by atoms with van der Waals surface area (Å²) in [6.45, 7) is 0.280. The van der Waals surface area contributed by atoms with Crippen molar-refractivity contribution in [2.24, 2.45) is 5.41 Å². The molecule has 112 valence electrons. The molecule has 1 aliphatic rings. The quantitative estimate of drug-likeness (QED) is 0.849. The van der Waals surface area contributed by atoms with E-state index in [-0.39, 0.29) is 12.3 Å². The van der Waals surface area contributed by atoms with Gasteiger partial charge in [-0.3, -0.25) is 0 Å². The van der Waals surface area contributed by atoms with E-state index in [0.29, 0.717) is 17.3 Å². The number of aromatic nitrogens is 2. The van der Waals surface area contributed by atoms with Crippen molar-refractivity contribution in [1.29, 1.82) is 5.26 Å². The van der Waals surface area contributed by atoms with E-state index in [4.69, 9.17) is 14.7 Å². The molecule has 3 rings (SSSR count). The van der Waals surface area contributed by atoms with E-state index in [9.17, 15) is 4.39 Å². The molecular formula is C16H14FN3O2. The number of methoxy groups -OCH3 is 1. The molecule has 0 bridgehead atoms. The fraction of sp³-hybridized carbons (Fsp3) is 0.312. The van der Waals surface area contributed by atoms with Crippen LogP contribution in [0.2, 0.25) is 0 Å². The van der Waals surface area contributed by atoms with Gasteiger partial charge in [0.05, 0.1) is 18.6 Å². The number of halogens is 1. The lowest BCUT2D eigenvalue weighted by atomic mass is 10.1.